The molecule has 0 atom stereocenters. The minimum absolute atomic E-state index is 0.230. The highest BCUT2D eigenvalue weighted by molar-refractivity contribution is 7.80. The maximum absolute atomic E-state index is 5.38. The zero-order chi connectivity index (χ0) is 12.1. The third-order valence-corrected chi connectivity index (χ3v) is 2.63. The first-order valence-electron chi connectivity index (χ1n) is 5.52. The van der Waals surface area contributed by atoms with Gasteiger partial charge >= 0.3 is 0 Å². The van der Waals surface area contributed by atoms with E-state index in [4.69, 9.17) is 22.4 Å². The van der Waals surface area contributed by atoms with Gasteiger partial charge in [-0.05, 0) is 55.3 Å². The maximum atomic E-state index is 5.38. The SMILES string of the molecule is NC(=S)NNC1=CCCC/C1=C\c1ccco1. The number of nitrogens with two attached hydrogens (primary N) is 1. The van der Waals surface area contributed by atoms with E-state index >= 15 is 0 Å². The number of hydrogen-bond acceptors (Lipinski definition) is 3. The third kappa shape index (κ3) is 3.35. The van der Waals surface area contributed by atoms with Gasteiger partial charge in [-0.3, -0.25) is 10.9 Å². The van der Waals surface area contributed by atoms with Crippen molar-refractivity contribution in [3.8, 4) is 0 Å². The maximum Gasteiger partial charge on any atom is 0.182 e. The van der Waals surface area contributed by atoms with Crippen LogP contribution in [0.15, 0.2) is 40.2 Å². The minimum Gasteiger partial charge on any atom is -0.465 e. The third-order valence-electron chi connectivity index (χ3n) is 2.52. The topological polar surface area (TPSA) is 63.2 Å². The summed E-state index contributed by atoms with van der Waals surface area (Å²) < 4.78 is 5.31. The molecule has 5 heteroatoms. The zero-order valence-corrected chi connectivity index (χ0v) is 10.2. The molecule has 1 aromatic rings. The molecule has 0 spiro atoms. The average Bonchev–Trinajstić information content (AvgIpc) is 2.80. The van der Waals surface area contributed by atoms with Gasteiger partial charge in [-0.15, -0.1) is 0 Å². The van der Waals surface area contributed by atoms with Crippen LogP contribution < -0.4 is 16.6 Å². The van der Waals surface area contributed by atoms with Gasteiger partial charge in [0.2, 0.25) is 0 Å². The molecule has 17 heavy (non-hydrogen) atoms. The van der Waals surface area contributed by atoms with E-state index in [0.29, 0.717) is 0 Å². The second-order valence-electron chi connectivity index (χ2n) is 3.81. The largest absolute Gasteiger partial charge is 0.465 e. The second kappa shape index (κ2) is 5.54. The molecule has 4 N–H and O–H groups in total. The lowest BCUT2D eigenvalue weighted by atomic mass is 9.98. The van der Waals surface area contributed by atoms with Gasteiger partial charge in [0.05, 0.1) is 12.0 Å². The molecule has 2 rings (SSSR count). The Bertz CT molecular complexity index is 448. The molecule has 0 aliphatic heterocycles. The number of allylic oxidation sites excluding steroid dienone is 2. The highest BCUT2D eigenvalue weighted by atomic mass is 32.1. The number of rotatable bonds is 3. The number of furan rings is 1. The van der Waals surface area contributed by atoms with Gasteiger partial charge in [0.15, 0.2) is 5.11 Å². The summed E-state index contributed by atoms with van der Waals surface area (Å²) in [5.41, 5.74) is 13.4. The minimum atomic E-state index is 0.230. The van der Waals surface area contributed by atoms with E-state index in [2.05, 4.69) is 16.9 Å². The second-order valence-corrected chi connectivity index (χ2v) is 4.25. The predicted octanol–water partition coefficient (Wildman–Crippen LogP) is 2.07. The summed E-state index contributed by atoms with van der Waals surface area (Å²) in [6.45, 7) is 0. The van der Waals surface area contributed by atoms with Gasteiger partial charge in [-0.2, -0.15) is 0 Å². The summed E-state index contributed by atoms with van der Waals surface area (Å²) in [6.07, 6.45) is 9.03. The lowest BCUT2D eigenvalue weighted by Gasteiger charge is -2.19. The Morgan fingerprint density at radius 1 is 1.53 bits per heavy atom. The van der Waals surface area contributed by atoms with Crippen molar-refractivity contribution < 1.29 is 4.42 Å². The first-order chi connectivity index (χ1) is 8.25. The molecule has 0 saturated carbocycles. The summed E-state index contributed by atoms with van der Waals surface area (Å²) in [4.78, 5) is 0. The van der Waals surface area contributed by atoms with E-state index in [9.17, 15) is 0 Å². The lowest BCUT2D eigenvalue weighted by molar-refractivity contribution is 0.556. The monoisotopic (exact) mass is 249 g/mol. The van der Waals surface area contributed by atoms with Crippen molar-refractivity contribution in [3.05, 3.63) is 41.5 Å². The Balaban J connectivity index is 2.11. The van der Waals surface area contributed by atoms with Crippen molar-refractivity contribution in [1.82, 2.24) is 10.9 Å². The quantitative estimate of drug-likeness (QED) is 0.565. The Morgan fingerprint density at radius 3 is 3.12 bits per heavy atom. The highest BCUT2D eigenvalue weighted by Crippen LogP contribution is 2.24. The fourth-order valence-electron chi connectivity index (χ4n) is 1.76. The summed E-state index contributed by atoms with van der Waals surface area (Å²) in [5, 5.41) is 0.230. The molecule has 1 heterocycles. The zero-order valence-electron chi connectivity index (χ0n) is 9.40. The Labute approximate surface area is 106 Å². The molecular weight excluding hydrogens is 234 g/mol. The normalized spacial score (nSPS) is 17.6. The molecular formula is C12H15N3OS. The van der Waals surface area contributed by atoms with E-state index in [1.54, 1.807) is 6.26 Å². The van der Waals surface area contributed by atoms with Crippen LogP contribution in [0.4, 0.5) is 0 Å². The van der Waals surface area contributed by atoms with Gasteiger partial charge in [0.1, 0.15) is 5.76 Å². The van der Waals surface area contributed by atoms with Gasteiger partial charge in [-0.1, -0.05) is 6.08 Å². The first kappa shape index (κ1) is 11.7. The fourth-order valence-corrected chi connectivity index (χ4v) is 1.81. The van der Waals surface area contributed by atoms with E-state index in [0.717, 1.165) is 30.7 Å². The van der Waals surface area contributed by atoms with Crippen molar-refractivity contribution >= 4 is 23.4 Å². The Hall–Kier alpha value is -1.75. The number of nitrogens with one attached hydrogen (secondary N) is 2. The summed E-state index contributed by atoms with van der Waals surface area (Å²) in [6, 6.07) is 3.81. The molecule has 1 aliphatic carbocycles. The van der Waals surface area contributed by atoms with E-state index < -0.39 is 0 Å². The van der Waals surface area contributed by atoms with Crippen molar-refractivity contribution in [2.75, 3.05) is 0 Å². The molecule has 0 amide bonds. The molecule has 0 bridgehead atoms. The van der Waals surface area contributed by atoms with Crippen LogP contribution in [-0.4, -0.2) is 5.11 Å². The smallest absolute Gasteiger partial charge is 0.182 e. The van der Waals surface area contributed by atoms with Crippen LogP contribution in [0.25, 0.3) is 6.08 Å². The van der Waals surface area contributed by atoms with Crippen molar-refractivity contribution in [2.45, 2.75) is 19.3 Å². The van der Waals surface area contributed by atoms with E-state index in [1.165, 1.54) is 5.57 Å². The van der Waals surface area contributed by atoms with Crippen molar-refractivity contribution in [1.29, 1.82) is 0 Å². The molecule has 4 nitrogen and oxygen atoms in total. The number of hydrogen-bond donors (Lipinski definition) is 3. The lowest BCUT2D eigenvalue weighted by Crippen LogP contribution is -2.40. The first-order valence-corrected chi connectivity index (χ1v) is 5.92. The van der Waals surface area contributed by atoms with Crippen LogP contribution in [0, 0.1) is 0 Å². The summed E-state index contributed by atoms with van der Waals surface area (Å²) in [7, 11) is 0. The van der Waals surface area contributed by atoms with Gasteiger partial charge in [0.25, 0.3) is 0 Å². The van der Waals surface area contributed by atoms with E-state index in [1.807, 2.05) is 18.2 Å². The van der Waals surface area contributed by atoms with Crippen LogP contribution >= 0.6 is 12.2 Å². The molecule has 0 fully saturated rings. The van der Waals surface area contributed by atoms with Gasteiger partial charge in [0, 0.05) is 0 Å². The number of hydrazine groups is 1. The molecule has 0 saturated heterocycles. The van der Waals surface area contributed by atoms with Crippen molar-refractivity contribution in [2.24, 2.45) is 5.73 Å². The van der Waals surface area contributed by atoms with Gasteiger partial charge in [-0.25, -0.2) is 0 Å². The van der Waals surface area contributed by atoms with Crippen LogP contribution in [-0.2, 0) is 0 Å². The van der Waals surface area contributed by atoms with Crippen LogP contribution in [0.5, 0.6) is 0 Å². The Kier molecular flexibility index (Phi) is 3.82. The standard InChI is InChI=1S/C12H15N3OS/c13-12(17)15-14-11-6-2-1-4-9(11)8-10-5-3-7-16-10/h3,5-8,14H,1-2,4H2,(H3,13,15,17)/b9-8+. The molecule has 1 aliphatic rings. The van der Waals surface area contributed by atoms with E-state index in [-0.39, 0.29) is 5.11 Å². The molecule has 0 unspecified atom stereocenters. The Morgan fingerprint density at radius 2 is 2.41 bits per heavy atom. The molecule has 90 valence electrons. The van der Waals surface area contributed by atoms with Gasteiger partial charge < -0.3 is 10.2 Å². The van der Waals surface area contributed by atoms with Crippen LogP contribution in [0.1, 0.15) is 25.0 Å². The summed E-state index contributed by atoms with van der Waals surface area (Å²) in [5.74, 6) is 0.852. The highest BCUT2D eigenvalue weighted by Gasteiger charge is 2.10. The fraction of sp³-hybridized carbons (Fsp3) is 0.250. The average molecular weight is 249 g/mol. The molecule has 0 radical (unpaired) electrons. The number of thiocarbonyl (C=S) groups is 1. The molecule has 0 aromatic carbocycles. The van der Waals surface area contributed by atoms with Crippen molar-refractivity contribution in [3.63, 3.8) is 0 Å². The summed E-state index contributed by atoms with van der Waals surface area (Å²) >= 11 is 4.76. The van der Waals surface area contributed by atoms with Crippen LogP contribution in [0.2, 0.25) is 0 Å². The van der Waals surface area contributed by atoms with Crippen LogP contribution in [0.3, 0.4) is 0 Å². The molecule has 1 aromatic heterocycles. The predicted molar refractivity (Wildman–Crippen MR) is 71.7 cm³/mol.